The molecule has 0 amide bonds. The molecule has 13 heavy (non-hydrogen) atoms. The summed E-state index contributed by atoms with van der Waals surface area (Å²) in [6, 6.07) is 0. The third-order valence-electron chi connectivity index (χ3n) is 4.17. The van der Waals surface area contributed by atoms with Crippen molar-refractivity contribution in [3.8, 4) is 0 Å². The summed E-state index contributed by atoms with van der Waals surface area (Å²) in [7, 11) is 0. The van der Waals surface area contributed by atoms with Crippen LogP contribution in [-0.4, -0.2) is 17.3 Å². The van der Waals surface area contributed by atoms with Gasteiger partial charge < -0.3 is 0 Å². The minimum absolute atomic E-state index is 0.700. The van der Waals surface area contributed by atoms with Gasteiger partial charge in [0.1, 0.15) is 0 Å². The van der Waals surface area contributed by atoms with Crippen LogP contribution < -0.4 is 0 Å². The van der Waals surface area contributed by atoms with Crippen LogP contribution in [0.4, 0.5) is 0 Å². The second kappa shape index (κ2) is 4.14. The zero-order valence-corrected chi connectivity index (χ0v) is 10.8. The van der Waals surface area contributed by atoms with E-state index in [0.717, 1.165) is 11.8 Å². The Labute approximate surface area is 94.4 Å². The molecule has 2 saturated carbocycles. The van der Waals surface area contributed by atoms with E-state index >= 15 is 0 Å². The van der Waals surface area contributed by atoms with Crippen molar-refractivity contribution in [3.63, 3.8) is 0 Å². The standard InChI is InChI=1S/C11H19BrS/c1-13-5-4-11(8-12)7-9-2-3-10(11)6-9/h9-10H,2-8H2,1H3. The van der Waals surface area contributed by atoms with E-state index in [1.165, 1.54) is 36.8 Å². The summed E-state index contributed by atoms with van der Waals surface area (Å²) in [4.78, 5) is 0. The molecule has 76 valence electrons. The number of fused-ring (bicyclic) bond motifs is 2. The molecule has 3 atom stereocenters. The van der Waals surface area contributed by atoms with Crippen molar-refractivity contribution in [1.82, 2.24) is 0 Å². The van der Waals surface area contributed by atoms with Crippen LogP contribution in [0.25, 0.3) is 0 Å². The van der Waals surface area contributed by atoms with E-state index in [-0.39, 0.29) is 0 Å². The highest BCUT2D eigenvalue weighted by molar-refractivity contribution is 9.09. The third-order valence-corrected chi connectivity index (χ3v) is 5.90. The van der Waals surface area contributed by atoms with Crippen molar-refractivity contribution in [1.29, 1.82) is 0 Å². The predicted molar refractivity (Wildman–Crippen MR) is 64.7 cm³/mol. The quantitative estimate of drug-likeness (QED) is 0.692. The van der Waals surface area contributed by atoms with Crippen LogP contribution >= 0.6 is 27.7 Å². The van der Waals surface area contributed by atoms with E-state index in [1.807, 2.05) is 11.8 Å². The fourth-order valence-electron chi connectivity index (χ4n) is 3.40. The molecule has 2 heteroatoms. The number of rotatable bonds is 4. The van der Waals surface area contributed by atoms with Crippen molar-refractivity contribution in [2.45, 2.75) is 32.1 Å². The van der Waals surface area contributed by atoms with E-state index in [2.05, 4.69) is 22.2 Å². The number of hydrogen-bond donors (Lipinski definition) is 0. The van der Waals surface area contributed by atoms with Gasteiger partial charge in [0.25, 0.3) is 0 Å². The van der Waals surface area contributed by atoms with Gasteiger partial charge in [0.15, 0.2) is 0 Å². The lowest BCUT2D eigenvalue weighted by molar-refractivity contribution is 0.192. The fraction of sp³-hybridized carbons (Fsp3) is 1.00. The predicted octanol–water partition coefficient (Wildman–Crippen LogP) is 3.94. The molecule has 0 radical (unpaired) electrons. The van der Waals surface area contributed by atoms with Gasteiger partial charge in [-0.3, -0.25) is 0 Å². The molecule has 0 spiro atoms. The largest absolute Gasteiger partial charge is 0.165 e. The Hall–Kier alpha value is 0.830. The maximum atomic E-state index is 3.76. The molecule has 0 nitrogen and oxygen atoms in total. The molecule has 0 N–H and O–H groups in total. The molecule has 0 aromatic heterocycles. The van der Waals surface area contributed by atoms with Gasteiger partial charge in [-0.2, -0.15) is 11.8 Å². The van der Waals surface area contributed by atoms with Crippen molar-refractivity contribution in [3.05, 3.63) is 0 Å². The van der Waals surface area contributed by atoms with E-state index in [1.54, 1.807) is 6.42 Å². The van der Waals surface area contributed by atoms with Gasteiger partial charge in [-0.1, -0.05) is 22.4 Å². The number of halogens is 1. The van der Waals surface area contributed by atoms with Gasteiger partial charge in [0.2, 0.25) is 0 Å². The Morgan fingerprint density at radius 2 is 2.31 bits per heavy atom. The molecule has 2 fully saturated rings. The molecule has 0 saturated heterocycles. The highest BCUT2D eigenvalue weighted by atomic mass is 79.9. The zero-order chi connectivity index (χ0) is 9.31. The van der Waals surface area contributed by atoms with Gasteiger partial charge in [0.05, 0.1) is 0 Å². The van der Waals surface area contributed by atoms with E-state index < -0.39 is 0 Å². The van der Waals surface area contributed by atoms with E-state index in [4.69, 9.17) is 0 Å². The van der Waals surface area contributed by atoms with E-state index in [0.29, 0.717) is 5.41 Å². The summed E-state index contributed by atoms with van der Waals surface area (Å²) in [6.07, 6.45) is 9.78. The van der Waals surface area contributed by atoms with Gasteiger partial charge in [0, 0.05) is 5.33 Å². The van der Waals surface area contributed by atoms with Crippen LogP contribution in [0.2, 0.25) is 0 Å². The summed E-state index contributed by atoms with van der Waals surface area (Å²) in [5.41, 5.74) is 0.700. The molecule has 0 aromatic carbocycles. The third kappa shape index (κ3) is 1.81. The average molecular weight is 263 g/mol. The second-order valence-corrected chi connectivity index (χ2v) is 6.37. The fourth-order valence-corrected chi connectivity index (χ4v) is 4.98. The normalized spacial score (nSPS) is 42.9. The molecule has 2 aliphatic carbocycles. The minimum Gasteiger partial charge on any atom is -0.165 e. The Balaban J connectivity index is 1.99. The maximum Gasteiger partial charge on any atom is 0.00910 e. The monoisotopic (exact) mass is 262 g/mol. The number of hydrogen-bond acceptors (Lipinski definition) is 1. The Kier molecular flexibility index (Phi) is 3.30. The maximum absolute atomic E-state index is 3.76. The van der Waals surface area contributed by atoms with Gasteiger partial charge in [-0.15, -0.1) is 0 Å². The highest BCUT2D eigenvalue weighted by Crippen LogP contribution is 2.58. The van der Waals surface area contributed by atoms with Crippen molar-refractivity contribution in [2.24, 2.45) is 17.3 Å². The Bertz CT molecular complexity index is 183. The topological polar surface area (TPSA) is 0 Å². The first-order valence-corrected chi connectivity index (χ1v) is 7.87. The summed E-state index contributed by atoms with van der Waals surface area (Å²) in [5, 5.41) is 1.25. The molecule has 2 rings (SSSR count). The van der Waals surface area contributed by atoms with E-state index in [9.17, 15) is 0 Å². The van der Waals surface area contributed by atoms with Gasteiger partial charge >= 0.3 is 0 Å². The van der Waals surface area contributed by atoms with Crippen LogP contribution in [-0.2, 0) is 0 Å². The number of thioether (sulfide) groups is 1. The zero-order valence-electron chi connectivity index (χ0n) is 8.39. The first-order valence-electron chi connectivity index (χ1n) is 5.35. The molecule has 2 bridgehead atoms. The Morgan fingerprint density at radius 1 is 1.46 bits per heavy atom. The summed E-state index contributed by atoms with van der Waals surface area (Å²) in [6.45, 7) is 0. The highest BCUT2D eigenvalue weighted by Gasteiger charge is 2.49. The van der Waals surface area contributed by atoms with Crippen LogP contribution in [0.1, 0.15) is 32.1 Å². The molecule has 0 heterocycles. The molecular formula is C11H19BrS. The number of alkyl halides is 1. The molecule has 0 aromatic rings. The first kappa shape index (κ1) is 10.4. The van der Waals surface area contributed by atoms with Crippen LogP contribution in [0, 0.1) is 17.3 Å². The summed E-state index contributed by atoms with van der Waals surface area (Å²) >= 11 is 5.77. The van der Waals surface area contributed by atoms with Crippen LogP contribution in [0.15, 0.2) is 0 Å². The first-order chi connectivity index (χ1) is 6.30. The van der Waals surface area contributed by atoms with Crippen molar-refractivity contribution >= 4 is 27.7 Å². The molecule has 0 aliphatic heterocycles. The summed E-state index contributed by atoms with van der Waals surface area (Å²) < 4.78 is 0. The van der Waals surface area contributed by atoms with Gasteiger partial charge in [-0.05, 0) is 54.9 Å². The van der Waals surface area contributed by atoms with Crippen LogP contribution in [0.3, 0.4) is 0 Å². The molecule has 3 unspecified atom stereocenters. The second-order valence-electron chi connectivity index (χ2n) is 4.82. The smallest absolute Gasteiger partial charge is 0.00910 e. The SMILES string of the molecule is CSCCC1(CBr)CC2CCC1C2. The lowest BCUT2D eigenvalue weighted by Gasteiger charge is -2.36. The van der Waals surface area contributed by atoms with Crippen LogP contribution in [0.5, 0.6) is 0 Å². The lowest BCUT2D eigenvalue weighted by atomic mass is 9.73. The average Bonchev–Trinajstić information content (AvgIpc) is 2.74. The van der Waals surface area contributed by atoms with Gasteiger partial charge in [-0.25, -0.2) is 0 Å². The minimum atomic E-state index is 0.700. The lowest BCUT2D eigenvalue weighted by Crippen LogP contribution is -2.30. The molecular weight excluding hydrogens is 244 g/mol. The van der Waals surface area contributed by atoms with Crippen molar-refractivity contribution in [2.75, 3.05) is 17.3 Å². The summed E-state index contributed by atoms with van der Waals surface area (Å²) in [5.74, 6) is 3.50. The molecule has 2 aliphatic rings. The van der Waals surface area contributed by atoms with Crippen molar-refractivity contribution < 1.29 is 0 Å². The Morgan fingerprint density at radius 3 is 2.77 bits per heavy atom.